The first-order valence-electron chi connectivity index (χ1n) is 7.73. The molecule has 22 heavy (non-hydrogen) atoms. The minimum Gasteiger partial charge on any atom is -0.290 e. The van der Waals surface area contributed by atoms with Crippen molar-refractivity contribution in [2.75, 3.05) is 5.88 Å². The maximum atomic E-state index is 12.7. The Kier molecular flexibility index (Phi) is 6.63. The zero-order valence-corrected chi connectivity index (χ0v) is 14.7. The molecule has 0 spiro atoms. The third-order valence-corrected chi connectivity index (χ3v) is 4.80. The van der Waals surface area contributed by atoms with E-state index < -0.39 is 5.41 Å². The molecule has 1 aliphatic rings. The first-order valence-corrected chi connectivity index (χ1v) is 8.27. The highest BCUT2D eigenvalue weighted by Crippen LogP contribution is 2.45. The number of alkyl halides is 1. The number of carbonyl (C=O) groups excluding carboxylic acids is 2. The molecule has 0 bridgehead atoms. The van der Waals surface area contributed by atoms with Gasteiger partial charge in [0.25, 0.3) is 0 Å². The normalized spacial score (nSPS) is 21.5. The topological polar surface area (TPSA) is 34.1 Å². The summed E-state index contributed by atoms with van der Waals surface area (Å²) in [5.74, 6) is 2.34. The van der Waals surface area contributed by atoms with Crippen LogP contribution >= 0.6 is 11.6 Å². The molecule has 0 aromatic heterocycles. The van der Waals surface area contributed by atoms with Gasteiger partial charge in [-0.3, -0.25) is 9.59 Å². The van der Waals surface area contributed by atoms with Crippen LogP contribution in [0.3, 0.4) is 0 Å². The van der Waals surface area contributed by atoms with Gasteiger partial charge in [-0.05, 0) is 51.5 Å². The molecule has 0 saturated heterocycles. The van der Waals surface area contributed by atoms with Gasteiger partial charge in [-0.25, -0.2) is 0 Å². The van der Waals surface area contributed by atoms with Crippen LogP contribution in [0, 0.1) is 23.7 Å². The first kappa shape index (κ1) is 18.7. The van der Waals surface area contributed by atoms with E-state index in [1.807, 2.05) is 27.7 Å². The van der Waals surface area contributed by atoms with Crippen molar-refractivity contribution in [1.29, 1.82) is 0 Å². The van der Waals surface area contributed by atoms with E-state index in [9.17, 15) is 9.59 Å². The minimum absolute atomic E-state index is 0.00379. The molecule has 0 aromatic carbocycles. The van der Waals surface area contributed by atoms with E-state index in [1.54, 1.807) is 6.08 Å². The number of halogens is 1. The van der Waals surface area contributed by atoms with Crippen molar-refractivity contribution in [3.05, 3.63) is 22.8 Å². The van der Waals surface area contributed by atoms with Crippen LogP contribution in [0.1, 0.15) is 53.4 Å². The molecule has 3 heteroatoms. The second-order valence-corrected chi connectivity index (χ2v) is 7.00. The average Bonchev–Trinajstić information content (AvgIpc) is 2.43. The molecule has 0 amide bonds. The zero-order valence-electron chi connectivity index (χ0n) is 14.0. The van der Waals surface area contributed by atoms with E-state index in [1.165, 1.54) is 0 Å². The Hall–Kier alpha value is -1.33. The Balaban J connectivity index is 3.12. The molecule has 0 aromatic rings. The van der Waals surface area contributed by atoms with Crippen molar-refractivity contribution in [2.45, 2.75) is 53.4 Å². The van der Waals surface area contributed by atoms with Gasteiger partial charge in [0.2, 0.25) is 5.78 Å². The van der Waals surface area contributed by atoms with Gasteiger partial charge in [-0.2, -0.15) is 0 Å². The quantitative estimate of drug-likeness (QED) is 0.313. The number of ketones is 2. The Morgan fingerprint density at radius 1 is 1.45 bits per heavy atom. The summed E-state index contributed by atoms with van der Waals surface area (Å²) in [6.45, 7) is 7.82. The van der Waals surface area contributed by atoms with E-state index in [4.69, 9.17) is 18.0 Å². The molecule has 0 heterocycles. The lowest BCUT2D eigenvalue weighted by Gasteiger charge is -2.39. The van der Waals surface area contributed by atoms with Gasteiger partial charge in [0.05, 0.1) is 0 Å². The van der Waals surface area contributed by atoms with Gasteiger partial charge in [0.15, 0.2) is 5.78 Å². The molecule has 0 radical (unpaired) electrons. The number of rotatable bonds is 6. The highest BCUT2D eigenvalue weighted by Gasteiger charge is 2.42. The fraction of sp³-hybridized carbons (Fsp3) is 0.579. The van der Waals surface area contributed by atoms with Crippen LogP contribution in [0.5, 0.6) is 0 Å². The van der Waals surface area contributed by atoms with Gasteiger partial charge >= 0.3 is 0 Å². The highest BCUT2D eigenvalue weighted by atomic mass is 35.5. The molecule has 0 N–H and O–H groups in total. The average molecular weight is 321 g/mol. The predicted molar refractivity (Wildman–Crippen MR) is 91.8 cm³/mol. The lowest BCUT2D eigenvalue weighted by molar-refractivity contribution is -0.121. The molecule has 0 aliphatic heterocycles. The Labute approximate surface area is 139 Å². The summed E-state index contributed by atoms with van der Waals surface area (Å²) in [7, 11) is 0. The smallest absolute Gasteiger partial charge is 0.209 e. The van der Waals surface area contributed by atoms with Crippen LogP contribution in [0.15, 0.2) is 22.8 Å². The minimum atomic E-state index is -0.522. The number of allylic oxidation sites excluding steroid dienone is 4. The lowest BCUT2D eigenvalue weighted by Crippen LogP contribution is -2.38. The van der Waals surface area contributed by atoms with Crippen LogP contribution in [0.2, 0.25) is 0 Å². The van der Waals surface area contributed by atoms with Gasteiger partial charge < -0.3 is 0 Å². The van der Waals surface area contributed by atoms with Gasteiger partial charge in [-0.15, -0.1) is 18.0 Å². The largest absolute Gasteiger partial charge is 0.290 e. The van der Waals surface area contributed by atoms with Gasteiger partial charge in [0, 0.05) is 22.8 Å². The van der Waals surface area contributed by atoms with E-state index in [2.05, 4.69) is 5.92 Å². The number of terminal acetylenes is 1. The number of hydrogen-bond donors (Lipinski definition) is 0. The molecule has 1 unspecified atom stereocenters. The molecule has 1 rings (SSSR count). The molecule has 1 aliphatic carbocycles. The standard InChI is InChI=1S/C19H25ClO2/c1-6-16(21)15-10-9-14(3)18(19(15,4)5)17(22)12-13(2)8-7-11-20/h1,12,15H,7-11H2,2-5H3/b13-12+. The van der Waals surface area contributed by atoms with Crippen LogP contribution in [-0.4, -0.2) is 17.4 Å². The van der Waals surface area contributed by atoms with E-state index >= 15 is 0 Å². The Morgan fingerprint density at radius 3 is 2.64 bits per heavy atom. The van der Waals surface area contributed by atoms with Crippen LogP contribution in [0.25, 0.3) is 0 Å². The van der Waals surface area contributed by atoms with Gasteiger partial charge in [-0.1, -0.05) is 25.0 Å². The van der Waals surface area contributed by atoms with Crippen LogP contribution in [-0.2, 0) is 9.59 Å². The summed E-state index contributed by atoms with van der Waals surface area (Å²) < 4.78 is 0. The lowest BCUT2D eigenvalue weighted by atomic mass is 9.63. The van der Waals surface area contributed by atoms with Crippen LogP contribution < -0.4 is 0 Å². The maximum absolute atomic E-state index is 12.7. The fourth-order valence-corrected chi connectivity index (χ4v) is 3.51. The predicted octanol–water partition coefficient (Wildman–Crippen LogP) is 4.48. The van der Waals surface area contributed by atoms with Crippen molar-refractivity contribution in [2.24, 2.45) is 11.3 Å². The second kappa shape index (κ2) is 7.79. The number of hydrogen-bond acceptors (Lipinski definition) is 2. The summed E-state index contributed by atoms with van der Waals surface area (Å²) in [4.78, 5) is 24.7. The number of Topliss-reactive ketones (excluding diaryl/α,β-unsaturated/α-hetero) is 1. The van der Waals surface area contributed by atoms with E-state index in [0.717, 1.165) is 36.0 Å². The fourth-order valence-electron chi connectivity index (χ4n) is 3.37. The molecule has 1 atom stereocenters. The molecule has 0 fully saturated rings. The van der Waals surface area contributed by atoms with Crippen molar-refractivity contribution in [3.63, 3.8) is 0 Å². The Morgan fingerprint density at radius 2 is 2.09 bits per heavy atom. The molecule has 0 saturated carbocycles. The van der Waals surface area contributed by atoms with Crippen LogP contribution in [0.4, 0.5) is 0 Å². The van der Waals surface area contributed by atoms with Crippen molar-refractivity contribution in [1.82, 2.24) is 0 Å². The summed E-state index contributed by atoms with van der Waals surface area (Å²) in [5.41, 5.74) is 2.31. The summed E-state index contributed by atoms with van der Waals surface area (Å²) >= 11 is 5.69. The monoisotopic (exact) mass is 320 g/mol. The van der Waals surface area contributed by atoms with Crippen molar-refractivity contribution >= 4 is 23.2 Å². The highest BCUT2D eigenvalue weighted by molar-refractivity contribution is 6.17. The molecular formula is C19H25ClO2. The number of carbonyl (C=O) groups is 2. The van der Waals surface area contributed by atoms with E-state index in [0.29, 0.717) is 12.3 Å². The SMILES string of the molecule is C#CC(=O)C1CCC(C)=C(C(=O)/C=C(\C)CCCCl)C1(C)C. The molecule has 2 nitrogen and oxygen atoms in total. The van der Waals surface area contributed by atoms with Crippen molar-refractivity contribution < 1.29 is 9.59 Å². The summed E-state index contributed by atoms with van der Waals surface area (Å²) in [6.07, 6.45) is 10.1. The maximum Gasteiger partial charge on any atom is 0.209 e. The molecule has 120 valence electrons. The summed E-state index contributed by atoms with van der Waals surface area (Å²) in [5, 5.41) is 0. The molecular weight excluding hydrogens is 296 g/mol. The van der Waals surface area contributed by atoms with E-state index in [-0.39, 0.29) is 17.5 Å². The third-order valence-electron chi connectivity index (χ3n) is 4.54. The third kappa shape index (κ3) is 4.11. The summed E-state index contributed by atoms with van der Waals surface area (Å²) in [6, 6.07) is 0. The second-order valence-electron chi connectivity index (χ2n) is 6.62. The van der Waals surface area contributed by atoms with Crippen molar-refractivity contribution in [3.8, 4) is 12.3 Å². The Bertz CT molecular complexity index is 558. The first-order chi connectivity index (χ1) is 10.3. The zero-order chi connectivity index (χ0) is 16.9. The van der Waals surface area contributed by atoms with Gasteiger partial charge in [0.1, 0.15) is 0 Å².